The molecule has 0 saturated carbocycles. The highest BCUT2D eigenvalue weighted by Gasteiger charge is 2.14. The molecule has 0 spiro atoms. The maximum Gasteiger partial charge on any atom is 0.119 e. The Hall–Kier alpha value is -1.80. The summed E-state index contributed by atoms with van der Waals surface area (Å²) in [5.41, 5.74) is 2.61. The quantitative estimate of drug-likeness (QED) is 0.781. The van der Waals surface area contributed by atoms with Gasteiger partial charge in [-0.25, -0.2) is 0 Å². The van der Waals surface area contributed by atoms with Crippen molar-refractivity contribution < 1.29 is 4.74 Å². The van der Waals surface area contributed by atoms with Crippen LogP contribution in [0.15, 0.2) is 54.6 Å². The molecule has 2 nitrogen and oxygen atoms in total. The van der Waals surface area contributed by atoms with Gasteiger partial charge in [0, 0.05) is 12.1 Å². The number of rotatable bonds is 7. The zero-order valence-electron chi connectivity index (χ0n) is 13.2. The zero-order valence-corrected chi connectivity index (χ0v) is 13.2. The first kappa shape index (κ1) is 15.6. The highest BCUT2D eigenvalue weighted by Crippen LogP contribution is 2.25. The molecule has 0 saturated heterocycles. The Morgan fingerprint density at radius 3 is 2.38 bits per heavy atom. The van der Waals surface area contributed by atoms with Crippen LogP contribution in [-0.4, -0.2) is 7.11 Å². The molecule has 2 aromatic rings. The van der Waals surface area contributed by atoms with Crippen molar-refractivity contribution in [3.05, 3.63) is 65.7 Å². The summed E-state index contributed by atoms with van der Waals surface area (Å²) in [5, 5.41) is 3.75. The second kappa shape index (κ2) is 7.84. The van der Waals surface area contributed by atoms with Gasteiger partial charge in [0.25, 0.3) is 0 Å². The smallest absolute Gasteiger partial charge is 0.119 e. The Labute approximate surface area is 128 Å². The molecule has 2 unspecified atom stereocenters. The van der Waals surface area contributed by atoms with E-state index in [1.165, 1.54) is 11.1 Å². The van der Waals surface area contributed by atoms with Gasteiger partial charge in [-0.3, -0.25) is 0 Å². The fraction of sp³-hybridized carbons (Fsp3) is 0.368. The lowest BCUT2D eigenvalue weighted by molar-refractivity contribution is 0.410. The van der Waals surface area contributed by atoms with Crippen LogP contribution in [0.5, 0.6) is 5.75 Å². The zero-order chi connectivity index (χ0) is 15.1. The van der Waals surface area contributed by atoms with Gasteiger partial charge in [0.2, 0.25) is 0 Å². The second-order valence-corrected chi connectivity index (χ2v) is 5.42. The van der Waals surface area contributed by atoms with E-state index in [-0.39, 0.29) is 6.04 Å². The van der Waals surface area contributed by atoms with Gasteiger partial charge in [-0.05, 0) is 36.6 Å². The van der Waals surface area contributed by atoms with Crippen LogP contribution in [0, 0.1) is 0 Å². The summed E-state index contributed by atoms with van der Waals surface area (Å²) in [6.07, 6.45) is 2.30. The van der Waals surface area contributed by atoms with Crippen molar-refractivity contribution in [1.29, 1.82) is 0 Å². The first-order valence-electron chi connectivity index (χ1n) is 7.69. The molecule has 0 radical (unpaired) electrons. The Balaban J connectivity index is 2.12. The third-order valence-electron chi connectivity index (χ3n) is 3.82. The highest BCUT2D eigenvalue weighted by molar-refractivity contribution is 5.30. The Kier molecular flexibility index (Phi) is 5.82. The summed E-state index contributed by atoms with van der Waals surface area (Å²) in [4.78, 5) is 0. The third-order valence-corrected chi connectivity index (χ3v) is 3.82. The molecular formula is C19H25NO. The van der Waals surface area contributed by atoms with Crippen LogP contribution < -0.4 is 10.1 Å². The first-order valence-corrected chi connectivity index (χ1v) is 7.69. The maximum absolute atomic E-state index is 5.31. The summed E-state index contributed by atoms with van der Waals surface area (Å²) < 4.78 is 5.31. The summed E-state index contributed by atoms with van der Waals surface area (Å²) in [6, 6.07) is 19.6. The monoisotopic (exact) mass is 283 g/mol. The van der Waals surface area contributed by atoms with Crippen LogP contribution in [0.2, 0.25) is 0 Å². The summed E-state index contributed by atoms with van der Waals surface area (Å²) in [6.45, 7) is 4.44. The molecule has 0 aromatic heterocycles. The van der Waals surface area contributed by atoms with Crippen LogP contribution >= 0.6 is 0 Å². The van der Waals surface area contributed by atoms with Gasteiger partial charge >= 0.3 is 0 Å². The van der Waals surface area contributed by atoms with Crippen LogP contribution in [0.25, 0.3) is 0 Å². The standard InChI is InChI=1S/C19H25NO/c1-4-9-19(16-10-6-5-7-11-16)20-15(2)17-12-8-13-18(14-17)21-3/h5-8,10-15,19-20H,4,9H2,1-3H3. The highest BCUT2D eigenvalue weighted by atomic mass is 16.5. The average Bonchev–Trinajstić information content (AvgIpc) is 2.55. The molecule has 0 fully saturated rings. The molecule has 0 aliphatic heterocycles. The van der Waals surface area contributed by atoms with Crippen LogP contribution in [0.4, 0.5) is 0 Å². The molecule has 2 heteroatoms. The van der Waals surface area contributed by atoms with E-state index < -0.39 is 0 Å². The van der Waals surface area contributed by atoms with E-state index in [1.807, 2.05) is 12.1 Å². The molecule has 0 heterocycles. The lowest BCUT2D eigenvalue weighted by Crippen LogP contribution is -2.24. The lowest BCUT2D eigenvalue weighted by atomic mass is 9.99. The summed E-state index contributed by atoms with van der Waals surface area (Å²) in [7, 11) is 1.71. The van der Waals surface area contributed by atoms with E-state index in [4.69, 9.17) is 4.74 Å². The molecule has 0 bridgehead atoms. The van der Waals surface area contributed by atoms with Gasteiger partial charge in [0.1, 0.15) is 5.75 Å². The fourth-order valence-electron chi connectivity index (χ4n) is 2.63. The van der Waals surface area contributed by atoms with Crippen LogP contribution in [0.3, 0.4) is 0 Å². The van der Waals surface area contributed by atoms with Gasteiger partial charge in [-0.2, -0.15) is 0 Å². The number of hydrogen-bond acceptors (Lipinski definition) is 2. The van der Waals surface area contributed by atoms with E-state index in [9.17, 15) is 0 Å². The van der Waals surface area contributed by atoms with Gasteiger partial charge in [0.15, 0.2) is 0 Å². The van der Waals surface area contributed by atoms with Crippen molar-refractivity contribution in [2.24, 2.45) is 0 Å². The van der Waals surface area contributed by atoms with Crippen molar-refractivity contribution in [3.63, 3.8) is 0 Å². The molecule has 2 atom stereocenters. The van der Waals surface area contributed by atoms with Crippen LogP contribution in [0.1, 0.15) is 49.9 Å². The molecule has 0 amide bonds. The van der Waals surface area contributed by atoms with Crippen molar-refractivity contribution in [2.45, 2.75) is 38.8 Å². The van der Waals surface area contributed by atoms with E-state index in [2.05, 4.69) is 61.6 Å². The molecule has 2 rings (SSSR count). The second-order valence-electron chi connectivity index (χ2n) is 5.42. The van der Waals surface area contributed by atoms with Crippen molar-refractivity contribution in [1.82, 2.24) is 5.32 Å². The van der Waals surface area contributed by atoms with Gasteiger partial charge in [0.05, 0.1) is 7.11 Å². The molecule has 0 aliphatic carbocycles. The average molecular weight is 283 g/mol. The minimum atomic E-state index is 0.289. The molecule has 21 heavy (non-hydrogen) atoms. The Bertz CT molecular complexity index is 538. The number of ether oxygens (including phenoxy) is 1. The summed E-state index contributed by atoms with van der Waals surface area (Å²) in [5.74, 6) is 0.910. The number of nitrogens with one attached hydrogen (secondary N) is 1. The number of benzene rings is 2. The minimum Gasteiger partial charge on any atom is -0.497 e. The normalized spacial score (nSPS) is 13.7. The molecule has 1 N–H and O–H groups in total. The topological polar surface area (TPSA) is 21.3 Å². The molecule has 2 aromatic carbocycles. The predicted octanol–water partition coefficient (Wildman–Crippen LogP) is 4.89. The first-order chi connectivity index (χ1) is 10.2. The Morgan fingerprint density at radius 1 is 1.00 bits per heavy atom. The van der Waals surface area contributed by atoms with Gasteiger partial charge in [-0.15, -0.1) is 0 Å². The molecular weight excluding hydrogens is 258 g/mol. The third kappa shape index (κ3) is 4.33. The number of hydrogen-bond donors (Lipinski definition) is 1. The van der Waals surface area contributed by atoms with Crippen molar-refractivity contribution >= 4 is 0 Å². The SMILES string of the molecule is CCCC(NC(C)c1cccc(OC)c1)c1ccccc1. The van der Waals surface area contributed by atoms with E-state index in [1.54, 1.807) is 7.11 Å². The van der Waals surface area contributed by atoms with Crippen molar-refractivity contribution in [2.75, 3.05) is 7.11 Å². The van der Waals surface area contributed by atoms with E-state index in [0.29, 0.717) is 6.04 Å². The van der Waals surface area contributed by atoms with E-state index in [0.717, 1.165) is 18.6 Å². The maximum atomic E-state index is 5.31. The summed E-state index contributed by atoms with van der Waals surface area (Å²) >= 11 is 0. The van der Waals surface area contributed by atoms with Gasteiger partial charge < -0.3 is 10.1 Å². The predicted molar refractivity (Wildman–Crippen MR) is 88.6 cm³/mol. The number of methoxy groups -OCH3 is 1. The molecule has 0 aliphatic rings. The van der Waals surface area contributed by atoms with Crippen LogP contribution in [-0.2, 0) is 0 Å². The minimum absolute atomic E-state index is 0.289. The van der Waals surface area contributed by atoms with E-state index >= 15 is 0 Å². The Morgan fingerprint density at radius 2 is 1.71 bits per heavy atom. The van der Waals surface area contributed by atoms with Crippen molar-refractivity contribution in [3.8, 4) is 5.75 Å². The fourth-order valence-corrected chi connectivity index (χ4v) is 2.63. The largest absolute Gasteiger partial charge is 0.497 e. The van der Waals surface area contributed by atoms with Gasteiger partial charge in [-0.1, -0.05) is 55.8 Å². The molecule has 112 valence electrons. The lowest BCUT2D eigenvalue weighted by Gasteiger charge is -2.24.